The summed E-state index contributed by atoms with van der Waals surface area (Å²) in [7, 11) is 1.61. The van der Waals surface area contributed by atoms with Crippen molar-refractivity contribution in [2.45, 2.75) is 18.5 Å². The molecule has 2 N–H and O–H groups in total. The van der Waals surface area contributed by atoms with Gasteiger partial charge in [0.15, 0.2) is 0 Å². The van der Waals surface area contributed by atoms with Crippen molar-refractivity contribution < 1.29 is 4.79 Å². The maximum absolute atomic E-state index is 11.4. The predicted octanol–water partition coefficient (Wildman–Crippen LogP) is -0.00830. The molecule has 2 saturated heterocycles. The predicted molar refractivity (Wildman–Crippen MR) is 65.2 cm³/mol. The maximum atomic E-state index is 11.4. The molecule has 2 unspecified atom stereocenters. The lowest BCUT2D eigenvalue weighted by Gasteiger charge is -2.54. The van der Waals surface area contributed by atoms with Crippen LogP contribution in [0, 0.1) is 0 Å². The minimum absolute atomic E-state index is 0.137. The highest BCUT2D eigenvalue weighted by Crippen LogP contribution is 2.33. The van der Waals surface area contributed by atoms with Crippen LogP contribution in [0.2, 0.25) is 0 Å². The molecule has 2 fully saturated rings. The average Bonchev–Trinajstić information content (AvgIpc) is 2.39. The number of rotatable bonds is 2. The summed E-state index contributed by atoms with van der Waals surface area (Å²) in [5.41, 5.74) is 1.60. The molecule has 1 amide bonds. The molecule has 5 heteroatoms. The van der Waals surface area contributed by atoms with Crippen LogP contribution in [0.5, 0.6) is 0 Å². The summed E-state index contributed by atoms with van der Waals surface area (Å²) in [6, 6.07) is 4.97. The highest BCUT2D eigenvalue weighted by Gasteiger charge is 2.41. The van der Waals surface area contributed by atoms with Crippen molar-refractivity contribution >= 4 is 11.6 Å². The molecule has 17 heavy (non-hydrogen) atoms. The number of hydrogen-bond donors (Lipinski definition) is 2. The average molecular weight is 232 g/mol. The Balaban J connectivity index is 1.78. The minimum atomic E-state index is -0.137. The normalized spacial score (nSPS) is 26.3. The fourth-order valence-electron chi connectivity index (χ4n) is 2.70. The summed E-state index contributed by atoms with van der Waals surface area (Å²) in [5, 5.41) is 5.97. The van der Waals surface area contributed by atoms with Crippen LogP contribution >= 0.6 is 0 Å². The van der Waals surface area contributed by atoms with Gasteiger partial charge in [0.25, 0.3) is 5.91 Å². The summed E-state index contributed by atoms with van der Waals surface area (Å²) < 4.78 is 0. The molecular weight excluding hydrogens is 216 g/mol. The van der Waals surface area contributed by atoms with E-state index >= 15 is 0 Å². The molecule has 3 heterocycles. The molecule has 2 aliphatic heterocycles. The highest BCUT2D eigenvalue weighted by atomic mass is 16.1. The molecule has 1 aromatic rings. The Kier molecular flexibility index (Phi) is 2.48. The lowest BCUT2D eigenvalue weighted by Crippen LogP contribution is -2.68. The van der Waals surface area contributed by atoms with Crippen LogP contribution < -0.4 is 15.5 Å². The number of carbonyl (C=O) groups excluding carboxylic acids is 1. The number of hydrogen-bond acceptors (Lipinski definition) is 4. The minimum Gasteiger partial charge on any atom is -0.362 e. The molecule has 3 rings (SSSR count). The van der Waals surface area contributed by atoms with Crippen molar-refractivity contribution in [3.8, 4) is 0 Å². The van der Waals surface area contributed by atoms with Gasteiger partial charge in [-0.15, -0.1) is 0 Å². The van der Waals surface area contributed by atoms with E-state index in [1.165, 1.54) is 6.42 Å². The summed E-state index contributed by atoms with van der Waals surface area (Å²) in [5.74, 6) is -0.137. The van der Waals surface area contributed by atoms with Gasteiger partial charge in [0.1, 0.15) is 5.69 Å². The van der Waals surface area contributed by atoms with Crippen LogP contribution in [0.4, 0.5) is 5.69 Å². The number of piperidine rings is 1. The molecule has 90 valence electrons. The topological polar surface area (TPSA) is 57.3 Å². The number of aromatic nitrogens is 1. The van der Waals surface area contributed by atoms with Gasteiger partial charge in [-0.1, -0.05) is 0 Å². The van der Waals surface area contributed by atoms with Gasteiger partial charge in [-0.25, -0.2) is 4.98 Å². The van der Waals surface area contributed by atoms with E-state index in [4.69, 9.17) is 0 Å². The van der Waals surface area contributed by atoms with Gasteiger partial charge >= 0.3 is 0 Å². The van der Waals surface area contributed by atoms with E-state index < -0.39 is 0 Å². The van der Waals surface area contributed by atoms with Crippen LogP contribution in [-0.2, 0) is 0 Å². The van der Waals surface area contributed by atoms with Gasteiger partial charge in [0, 0.05) is 32.2 Å². The molecule has 2 atom stereocenters. The molecule has 0 spiro atoms. The second kappa shape index (κ2) is 4.00. The maximum Gasteiger partial charge on any atom is 0.269 e. The summed E-state index contributed by atoms with van der Waals surface area (Å²) in [4.78, 5) is 18.0. The van der Waals surface area contributed by atoms with E-state index in [-0.39, 0.29) is 5.91 Å². The number of piperazine rings is 1. The largest absolute Gasteiger partial charge is 0.362 e. The first-order valence-electron chi connectivity index (χ1n) is 5.97. The third-order valence-corrected chi connectivity index (χ3v) is 3.60. The van der Waals surface area contributed by atoms with E-state index in [9.17, 15) is 4.79 Å². The molecule has 0 aromatic carbocycles. The van der Waals surface area contributed by atoms with Crippen molar-refractivity contribution in [1.82, 2.24) is 15.6 Å². The molecule has 5 nitrogen and oxygen atoms in total. The first-order chi connectivity index (χ1) is 8.29. The van der Waals surface area contributed by atoms with Gasteiger partial charge in [-0.2, -0.15) is 0 Å². The van der Waals surface area contributed by atoms with E-state index in [2.05, 4.69) is 20.5 Å². The number of pyridine rings is 1. The van der Waals surface area contributed by atoms with Crippen LogP contribution in [0.3, 0.4) is 0 Å². The smallest absolute Gasteiger partial charge is 0.269 e. The number of carbonyl (C=O) groups is 1. The number of nitrogens with zero attached hydrogens (tertiary/aromatic N) is 2. The van der Waals surface area contributed by atoms with Crippen LogP contribution in [0.1, 0.15) is 16.9 Å². The Morgan fingerprint density at radius 1 is 1.47 bits per heavy atom. The molecule has 0 saturated carbocycles. The monoisotopic (exact) mass is 232 g/mol. The quantitative estimate of drug-likeness (QED) is 0.753. The van der Waals surface area contributed by atoms with E-state index in [1.807, 2.05) is 6.07 Å². The van der Waals surface area contributed by atoms with Crippen molar-refractivity contribution in [2.75, 3.05) is 25.0 Å². The number of fused-ring (bicyclic) bond motifs is 2. The van der Waals surface area contributed by atoms with E-state index in [0.717, 1.165) is 18.8 Å². The van der Waals surface area contributed by atoms with Crippen molar-refractivity contribution in [3.05, 3.63) is 24.0 Å². The number of anilines is 1. The fourth-order valence-corrected chi connectivity index (χ4v) is 2.70. The zero-order valence-electron chi connectivity index (χ0n) is 9.81. The first-order valence-corrected chi connectivity index (χ1v) is 5.97. The van der Waals surface area contributed by atoms with Gasteiger partial charge in [-0.3, -0.25) is 4.79 Å². The Labute approximate surface area is 100 Å². The van der Waals surface area contributed by atoms with Gasteiger partial charge in [-0.05, 0) is 18.6 Å². The lowest BCUT2D eigenvalue weighted by atomic mass is 9.88. The third kappa shape index (κ3) is 1.67. The number of amides is 1. The van der Waals surface area contributed by atoms with Crippen LogP contribution in [-0.4, -0.2) is 43.1 Å². The Hall–Kier alpha value is -1.62. The van der Waals surface area contributed by atoms with Crippen LogP contribution in [0.15, 0.2) is 18.3 Å². The highest BCUT2D eigenvalue weighted by molar-refractivity contribution is 5.92. The first kappa shape index (κ1) is 10.5. The van der Waals surface area contributed by atoms with E-state index in [0.29, 0.717) is 17.8 Å². The summed E-state index contributed by atoms with van der Waals surface area (Å²) >= 11 is 0. The Bertz CT molecular complexity index is 417. The Morgan fingerprint density at radius 2 is 2.24 bits per heavy atom. The van der Waals surface area contributed by atoms with Crippen molar-refractivity contribution in [2.24, 2.45) is 0 Å². The van der Waals surface area contributed by atoms with E-state index in [1.54, 1.807) is 19.3 Å². The standard InChI is InChI=1S/C12H16N4O/c1-13-12(17)11-3-2-8(7-15-11)16-9-4-10(16)6-14-5-9/h2-3,7,9-10,14H,4-6H2,1H3,(H,13,17). The second-order valence-electron chi connectivity index (χ2n) is 4.59. The summed E-state index contributed by atoms with van der Waals surface area (Å²) in [6.45, 7) is 2.10. The molecule has 0 aliphatic carbocycles. The Morgan fingerprint density at radius 3 is 2.76 bits per heavy atom. The third-order valence-electron chi connectivity index (χ3n) is 3.60. The molecule has 1 aromatic heterocycles. The zero-order chi connectivity index (χ0) is 11.8. The zero-order valence-corrected chi connectivity index (χ0v) is 9.81. The second-order valence-corrected chi connectivity index (χ2v) is 4.59. The van der Waals surface area contributed by atoms with Crippen molar-refractivity contribution in [1.29, 1.82) is 0 Å². The van der Waals surface area contributed by atoms with Crippen molar-refractivity contribution in [3.63, 3.8) is 0 Å². The number of nitrogens with one attached hydrogen (secondary N) is 2. The van der Waals surface area contributed by atoms with Crippen LogP contribution in [0.25, 0.3) is 0 Å². The molecule has 2 aliphatic rings. The van der Waals surface area contributed by atoms with Gasteiger partial charge in [0.05, 0.1) is 11.9 Å². The summed E-state index contributed by atoms with van der Waals surface area (Å²) in [6.07, 6.45) is 3.07. The molecule has 0 radical (unpaired) electrons. The fraction of sp³-hybridized carbons (Fsp3) is 0.500. The lowest BCUT2D eigenvalue weighted by molar-refractivity contribution is 0.0958. The molecule has 2 bridgehead atoms. The molecular formula is C12H16N4O. The van der Waals surface area contributed by atoms with Gasteiger partial charge in [0.2, 0.25) is 0 Å². The SMILES string of the molecule is CNC(=O)c1ccc(N2C3CNCC2C3)cn1. The van der Waals surface area contributed by atoms with Gasteiger partial charge < -0.3 is 15.5 Å².